The summed E-state index contributed by atoms with van der Waals surface area (Å²) in [5.41, 5.74) is 7.64. The second-order valence-corrected chi connectivity index (χ2v) is 10.3. The Morgan fingerprint density at radius 1 is 1.04 bits per heavy atom. The van der Waals surface area contributed by atoms with E-state index in [1.165, 1.54) is 32.1 Å². The van der Waals surface area contributed by atoms with Crippen LogP contribution in [0.2, 0.25) is 0 Å². The number of hydrogen-bond donors (Lipinski definition) is 2. The molecule has 130 valence electrons. The van der Waals surface area contributed by atoms with Crippen LogP contribution in [0.1, 0.15) is 72.6 Å². The molecule has 1 aliphatic heterocycles. The summed E-state index contributed by atoms with van der Waals surface area (Å²) in [6, 6.07) is 0.771. The van der Waals surface area contributed by atoms with Gasteiger partial charge in [0.2, 0.25) is 5.91 Å². The molecule has 7 atom stereocenters. The van der Waals surface area contributed by atoms with E-state index in [0.717, 1.165) is 30.6 Å². The van der Waals surface area contributed by atoms with Gasteiger partial charge < -0.3 is 11.1 Å². The highest BCUT2D eigenvalue weighted by molar-refractivity contribution is 5.77. The molecule has 0 bridgehead atoms. The van der Waals surface area contributed by atoms with Crippen LogP contribution in [0.25, 0.3) is 0 Å². The van der Waals surface area contributed by atoms with Crippen molar-refractivity contribution in [2.45, 2.75) is 84.7 Å². The molecule has 0 aromatic rings. The Hall–Kier alpha value is -0.570. The van der Waals surface area contributed by atoms with E-state index in [1.807, 2.05) is 0 Å². The Bertz CT molecular complexity index is 530. The van der Waals surface area contributed by atoms with Crippen LogP contribution >= 0.6 is 0 Å². The number of rotatable bonds is 0. The molecule has 0 spiro atoms. The second kappa shape index (κ2) is 4.74. The second-order valence-electron chi connectivity index (χ2n) is 10.3. The molecule has 0 aromatic heterocycles. The zero-order valence-electron chi connectivity index (χ0n) is 15.3. The van der Waals surface area contributed by atoms with Gasteiger partial charge in [-0.05, 0) is 72.5 Å². The van der Waals surface area contributed by atoms with Gasteiger partial charge in [-0.15, -0.1) is 0 Å². The summed E-state index contributed by atoms with van der Waals surface area (Å²) in [4.78, 5) is 11.9. The van der Waals surface area contributed by atoms with Crippen molar-refractivity contribution in [3.05, 3.63) is 0 Å². The third-order valence-corrected chi connectivity index (χ3v) is 8.74. The Balaban J connectivity index is 1.70. The molecule has 4 aliphatic rings. The minimum atomic E-state index is 0.273. The highest BCUT2D eigenvalue weighted by atomic mass is 16.1. The monoisotopic (exact) mass is 318 g/mol. The average molecular weight is 319 g/mol. The first-order valence-corrected chi connectivity index (χ1v) is 9.73. The van der Waals surface area contributed by atoms with E-state index in [2.05, 4.69) is 33.0 Å². The lowest BCUT2D eigenvalue weighted by Crippen LogP contribution is -2.62. The molecular weight excluding hydrogens is 284 g/mol. The topological polar surface area (TPSA) is 55.1 Å². The highest BCUT2D eigenvalue weighted by Gasteiger charge is 2.64. The molecule has 23 heavy (non-hydrogen) atoms. The minimum absolute atomic E-state index is 0.273. The van der Waals surface area contributed by atoms with Crippen molar-refractivity contribution in [2.75, 3.05) is 0 Å². The maximum Gasteiger partial charge on any atom is 0.220 e. The fourth-order valence-corrected chi connectivity index (χ4v) is 7.75. The van der Waals surface area contributed by atoms with E-state index in [0.29, 0.717) is 28.3 Å². The van der Waals surface area contributed by atoms with Crippen LogP contribution in [0.3, 0.4) is 0 Å². The Kier molecular flexibility index (Phi) is 3.28. The number of fused-ring (bicyclic) bond motifs is 5. The van der Waals surface area contributed by atoms with Gasteiger partial charge in [-0.1, -0.05) is 27.7 Å². The number of nitrogens with two attached hydrogens (primary N) is 1. The van der Waals surface area contributed by atoms with Crippen LogP contribution in [-0.2, 0) is 4.79 Å². The molecule has 3 nitrogen and oxygen atoms in total. The standard InChI is InChI=1S/C20H34N2O/c1-18(2)11-14(21)20(4)9-7-13-12(17(18)20)5-6-15-19(13,3)10-8-16(23)22-15/h12-15,17H,5-11,21H2,1-4H3,(H,22,23)/t12-,13-,14?,15?,17-,19-,20-/m1/s1. The van der Waals surface area contributed by atoms with Crippen molar-refractivity contribution in [1.82, 2.24) is 5.32 Å². The molecule has 1 amide bonds. The molecule has 1 saturated heterocycles. The fraction of sp³-hybridized carbons (Fsp3) is 0.950. The van der Waals surface area contributed by atoms with Crippen molar-refractivity contribution >= 4 is 5.91 Å². The van der Waals surface area contributed by atoms with Crippen LogP contribution in [0.15, 0.2) is 0 Å². The summed E-state index contributed by atoms with van der Waals surface area (Å²) in [5, 5.41) is 3.33. The maximum absolute atomic E-state index is 11.9. The van der Waals surface area contributed by atoms with Gasteiger partial charge in [-0.3, -0.25) is 4.79 Å². The van der Waals surface area contributed by atoms with E-state index in [9.17, 15) is 4.79 Å². The van der Waals surface area contributed by atoms with Crippen molar-refractivity contribution in [3.8, 4) is 0 Å². The summed E-state index contributed by atoms with van der Waals surface area (Å²) < 4.78 is 0. The van der Waals surface area contributed by atoms with Crippen molar-refractivity contribution in [3.63, 3.8) is 0 Å². The van der Waals surface area contributed by atoms with Gasteiger partial charge in [-0.25, -0.2) is 0 Å². The number of hydrogen-bond acceptors (Lipinski definition) is 2. The Morgan fingerprint density at radius 2 is 1.78 bits per heavy atom. The minimum Gasteiger partial charge on any atom is -0.353 e. The molecule has 4 fully saturated rings. The summed E-state index contributed by atoms with van der Waals surface area (Å²) in [7, 11) is 0. The van der Waals surface area contributed by atoms with Gasteiger partial charge >= 0.3 is 0 Å². The van der Waals surface area contributed by atoms with E-state index in [-0.39, 0.29) is 5.91 Å². The van der Waals surface area contributed by atoms with Crippen LogP contribution in [0.5, 0.6) is 0 Å². The smallest absolute Gasteiger partial charge is 0.220 e. The summed E-state index contributed by atoms with van der Waals surface area (Å²) in [5.74, 6) is 2.59. The zero-order chi connectivity index (χ0) is 16.6. The SMILES string of the molecule is CC1(C)CC(N)[C@@]2(C)CC[C@@H]3[C@@H](CCC4NC(=O)CC[C@@]43C)[C@H]12. The van der Waals surface area contributed by atoms with Gasteiger partial charge in [0.1, 0.15) is 0 Å². The Labute approximate surface area is 141 Å². The van der Waals surface area contributed by atoms with Gasteiger partial charge in [-0.2, -0.15) is 0 Å². The summed E-state index contributed by atoms with van der Waals surface area (Å²) >= 11 is 0. The molecule has 0 aromatic carbocycles. The first-order valence-electron chi connectivity index (χ1n) is 9.73. The molecule has 2 unspecified atom stereocenters. The lowest BCUT2D eigenvalue weighted by atomic mass is 9.45. The summed E-state index contributed by atoms with van der Waals surface area (Å²) in [6.45, 7) is 9.87. The number of amides is 1. The molecule has 0 radical (unpaired) electrons. The molecule has 3 N–H and O–H groups in total. The molecule has 1 heterocycles. The van der Waals surface area contributed by atoms with Crippen LogP contribution in [0, 0.1) is 34.0 Å². The lowest BCUT2D eigenvalue weighted by Gasteiger charge is -2.61. The summed E-state index contributed by atoms with van der Waals surface area (Å²) in [6.07, 6.45) is 8.02. The first-order chi connectivity index (χ1) is 10.7. The molecular formula is C20H34N2O. The van der Waals surface area contributed by atoms with Crippen LogP contribution < -0.4 is 11.1 Å². The van der Waals surface area contributed by atoms with Gasteiger partial charge in [0.25, 0.3) is 0 Å². The van der Waals surface area contributed by atoms with Crippen LogP contribution in [-0.4, -0.2) is 18.0 Å². The van der Waals surface area contributed by atoms with Crippen molar-refractivity contribution in [2.24, 2.45) is 39.7 Å². The van der Waals surface area contributed by atoms with E-state index < -0.39 is 0 Å². The van der Waals surface area contributed by atoms with Gasteiger partial charge in [0, 0.05) is 18.5 Å². The van der Waals surface area contributed by atoms with E-state index in [1.54, 1.807) is 0 Å². The van der Waals surface area contributed by atoms with Crippen molar-refractivity contribution in [1.29, 1.82) is 0 Å². The lowest BCUT2D eigenvalue weighted by molar-refractivity contribution is -0.139. The third kappa shape index (κ3) is 2.01. The number of nitrogens with one attached hydrogen (secondary N) is 1. The molecule has 3 aliphatic carbocycles. The fourth-order valence-electron chi connectivity index (χ4n) is 7.75. The average Bonchev–Trinajstić information content (AvgIpc) is 2.65. The number of piperidine rings is 1. The third-order valence-electron chi connectivity index (χ3n) is 8.74. The quantitative estimate of drug-likeness (QED) is 0.718. The number of carbonyl (C=O) groups excluding carboxylic acids is 1. The largest absolute Gasteiger partial charge is 0.353 e. The predicted molar refractivity (Wildman–Crippen MR) is 92.7 cm³/mol. The zero-order valence-corrected chi connectivity index (χ0v) is 15.3. The van der Waals surface area contributed by atoms with Gasteiger partial charge in [0.05, 0.1) is 0 Å². The van der Waals surface area contributed by atoms with E-state index in [4.69, 9.17) is 5.73 Å². The molecule has 3 saturated carbocycles. The van der Waals surface area contributed by atoms with Crippen molar-refractivity contribution < 1.29 is 4.79 Å². The predicted octanol–water partition coefficient (Wildman–Crippen LogP) is 3.47. The normalized spacial score (nSPS) is 54.7. The molecule has 3 heteroatoms. The van der Waals surface area contributed by atoms with Gasteiger partial charge in [0.15, 0.2) is 0 Å². The Morgan fingerprint density at radius 3 is 2.52 bits per heavy atom. The first kappa shape index (κ1) is 15.9. The molecule has 4 rings (SSSR count). The number of carbonyl (C=O) groups is 1. The maximum atomic E-state index is 11.9. The highest BCUT2D eigenvalue weighted by Crippen LogP contribution is 2.68. The van der Waals surface area contributed by atoms with E-state index >= 15 is 0 Å². The van der Waals surface area contributed by atoms with Crippen LogP contribution in [0.4, 0.5) is 0 Å².